The number of hydrogen-bond acceptors (Lipinski definition) is 0. The maximum atomic E-state index is 4.89. The van der Waals surface area contributed by atoms with Crippen molar-refractivity contribution >= 4 is 27.2 Å². The SMILES string of the molecule is C[C]1[CH][P][CH][C]1C.[CH]1[CH][CH][CH][CH]1.[Cl][Ti][Cl]. The third kappa shape index (κ3) is 10.6. The Kier molecular flexibility index (Phi) is 13.6. The van der Waals surface area contributed by atoms with Crippen LogP contribution in [-0.4, -0.2) is 0 Å². The summed E-state index contributed by atoms with van der Waals surface area (Å²) < 4.78 is 0. The first-order chi connectivity index (χ1) is 7.22. The van der Waals surface area contributed by atoms with Gasteiger partial charge in [-0.15, -0.1) is 0 Å². The molecule has 0 spiro atoms. The van der Waals surface area contributed by atoms with Crippen LogP contribution in [0.25, 0.3) is 0 Å². The van der Waals surface area contributed by atoms with Crippen LogP contribution in [0.4, 0.5) is 0 Å². The Hall–Kier alpha value is 1.72. The fraction of sp³-hybridized carbons (Fsp3) is 0.182. The zero-order valence-corrected chi connectivity index (χ0v) is 12.7. The molecule has 1 saturated carbocycles. The van der Waals surface area contributed by atoms with Crippen LogP contribution in [0.5, 0.6) is 0 Å². The molecule has 0 atom stereocenters. The van der Waals surface area contributed by atoms with Crippen molar-refractivity contribution in [1.82, 2.24) is 0 Å². The van der Waals surface area contributed by atoms with Crippen LogP contribution in [-0.2, 0) is 17.0 Å². The van der Waals surface area contributed by atoms with Crippen molar-refractivity contribution in [2.75, 3.05) is 0 Å². The molecule has 4 heteroatoms. The van der Waals surface area contributed by atoms with Crippen LogP contribution >= 0.6 is 27.2 Å². The summed E-state index contributed by atoms with van der Waals surface area (Å²) in [7, 11) is 11.1. The van der Waals surface area contributed by atoms with Crippen molar-refractivity contribution in [3.8, 4) is 0 Å². The molecule has 1 aliphatic carbocycles. The minimum atomic E-state index is -0.556. The monoisotopic (exact) mass is 294 g/mol. The molecule has 15 heavy (non-hydrogen) atoms. The quantitative estimate of drug-likeness (QED) is 0.442. The van der Waals surface area contributed by atoms with E-state index in [1.807, 2.05) is 32.1 Å². The van der Waals surface area contributed by atoms with Crippen LogP contribution in [0.1, 0.15) is 13.8 Å². The molecular formula is C11H13Cl2PTi. The normalized spacial score (nSPS) is 21.3. The number of halogens is 2. The Morgan fingerprint density at radius 2 is 1.13 bits per heavy atom. The van der Waals surface area contributed by atoms with Crippen LogP contribution < -0.4 is 0 Å². The molecule has 0 aromatic carbocycles. The van der Waals surface area contributed by atoms with Gasteiger partial charge in [-0.25, -0.2) is 0 Å². The van der Waals surface area contributed by atoms with Crippen LogP contribution in [0.15, 0.2) is 0 Å². The first kappa shape index (κ1) is 16.7. The molecule has 0 unspecified atom stereocenters. The van der Waals surface area contributed by atoms with Gasteiger partial charge >= 0.3 is 35.6 Å². The molecule has 1 heterocycles. The third-order valence-corrected chi connectivity index (χ3v) is 2.79. The fourth-order valence-electron chi connectivity index (χ4n) is 0.785. The Balaban J connectivity index is 0.000000216. The minimum absolute atomic E-state index is 0.556. The zero-order valence-electron chi connectivity index (χ0n) is 8.74. The second-order valence-electron chi connectivity index (χ2n) is 2.81. The van der Waals surface area contributed by atoms with E-state index in [0.29, 0.717) is 0 Å². The summed E-state index contributed by atoms with van der Waals surface area (Å²) in [6.07, 6.45) is 14.4. The van der Waals surface area contributed by atoms with Gasteiger partial charge in [-0.05, 0) is 56.3 Å². The van der Waals surface area contributed by atoms with E-state index in [-0.39, 0.29) is 0 Å². The molecule has 0 amide bonds. The molecule has 0 aromatic rings. The van der Waals surface area contributed by atoms with Crippen molar-refractivity contribution < 1.29 is 17.0 Å². The van der Waals surface area contributed by atoms with E-state index in [2.05, 4.69) is 26.2 Å². The first-order valence-corrected chi connectivity index (χ1v) is 9.72. The summed E-state index contributed by atoms with van der Waals surface area (Å²) >= 11 is -0.556. The predicted octanol–water partition coefficient (Wildman–Crippen LogP) is 4.86. The third-order valence-electron chi connectivity index (χ3n) is 1.71. The van der Waals surface area contributed by atoms with Crippen LogP contribution in [0, 0.1) is 56.3 Å². The average molecular weight is 295 g/mol. The van der Waals surface area contributed by atoms with Gasteiger partial charge < -0.3 is 0 Å². The van der Waals surface area contributed by atoms with Gasteiger partial charge in [0.25, 0.3) is 0 Å². The van der Waals surface area contributed by atoms with Crippen molar-refractivity contribution in [2.45, 2.75) is 13.8 Å². The average Bonchev–Trinajstić information content (AvgIpc) is 2.84. The topological polar surface area (TPSA) is 0 Å². The summed E-state index contributed by atoms with van der Waals surface area (Å²) in [5, 5.41) is 0. The number of rotatable bonds is 0. The van der Waals surface area contributed by atoms with Crippen molar-refractivity contribution in [3.63, 3.8) is 0 Å². The molecule has 0 aromatic heterocycles. The molecule has 2 rings (SSSR count). The van der Waals surface area contributed by atoms with E-state index in [1.54, 1.807) is 0 Å². The molecule has 0 N–H and O–H groups in total. The van der Waals surface area contributed by atoms with Crippen LogP contribution in [0.3, 0.4) is 0 Å². The number of hydrogen-bond donors (Lipinski definition) is 0. The Morgan fingerprint density at radius 1 is 0.867 bits per heavy atom. The van der Waals surface area contributed by atoms with Crippen molar-refractivity contribution in [2.24, 2.45) is 0 Å². The second-order valence-corrected chi connectivity index (χ2v) is 6.20. The van der Waals surface area contributed by atoms with Gasteiger partial charge in [-0.3, -0.25) is 0 Å². The van der Waals surface area contributed by atoms with E-state index in [4.69, 9.17) is 18.6 Å². The van der Waals surface area contributed by atoms with Crippen LogP contribution in [0.2, 0.25) is 0 Å². The Morgan fingerprint density at radius 3 is 1.27 bits per heavy atom. The molecule has 2 aliphatic rings. The summed E-state index contributed by atoms with van der Waals surface area (Å²) in [5.41, 5.74) is 0. The molecule has 1 aliphatic heterocycles. The molecule has 10 radical (unpaired) electrons. The standard InChI is InChI=1S/C6H8P.C5H5.2ClH.Ti/c1-5-3-7-4-6(5)2;1-2-4-5-3-1;;;/h3-4H,1-2H3;1-5H;2*1H;/q;;;;+2/p-2. The molecule has 1 saturated heterocycles. The van der Waals surface area contributed by atoms with E-state index in [9.17, 15) is 0 Å². The van der Waals surface area contributed by atoms with Gasteiger partial charge in [-0.2, -0.15) is 0 Å². The first-order valence-electron chi connectivity index (χ1n) is 4.39. The van der Waals surface area contributed by atoms with E-state index in [0.717, 1.165) is 0 Å². The van der Waals surface area contributed by atoms with Gasteiger partial charge in [0.15, 0.2) is 0 Å². The van der Waals surface area contributed by atoms with Gasteiger partial charge in [-0.1, -0.05) is 22.4 Å². The molecular weight excluding hydrogens is 282 g/mol. The maximum absolute atomic E-state index is 4.89. The Labute approximate surface area is 114 Å². The molecule has 2 fully saturated rings. The van der Waals surface area contributed by atoms with Crippen molar-refractivity contribution in [1.29, 1.82) is 0 Å². The summed E-state index contributed by atoms with van der Waals surface area (Å²) in [6, 6.07) is 0. The van der Waals surface area contributed by atoms with Crippen molar-refractivity contribution in [3.05, 3.63) is 56.3 Å². The predicted molar refractivity (Wildman–Crippen MR) is 66.6 cm³/mol. The van der Waals surface area contributed by atoms with E-state index < -0.39 is 17.0 Å². The van der Waals surface area contributed by atoms with E-state index >= 15 is 0 Å². The van der Waals surface area contributed by atoms with Gasteiger partial charge in [0.2, 0.25) is 0 Å². The molecule has 0 nitrogen and oxygen atoms in total. The Bertz CT molecular complexity index is 116. The van der Waals surface area contributed by atoms with Gasteiger partial charge in [0.1, 0.15) is 0 Å². The van der Waals surface area contributed by atoms with E-state index in [1.165, 1.54) is 20.4 Å². The summed E-state index contributed by atoms with van der Waals surface area (Å²) in [5.74, 6) is 2.86. The molecule has 80 valence electrons. The fourth-order valence-corrected chi connectivity index (χ4v) is 1.71. The van der Waals surface area contributed by atoms with Gasteiger partial charge in [0, 0.05) is 0 Å². The second kappa shape index (κ2) is 12.2. The summed E-state index contributed by atoms with van der Waals surface area (Å²) in [4.78, 5) is 0. The van der Waals surface area contributed by atoms with Gasteiger partial charge in [0.05, 0.1) is 0 Å². The molecule has 0 bridgehead atoms. The zero-order chi connectivity index (χ0) is 11.5. The summed E-state index contributed by atoms with van der Waals surface area (Å²) in [6.45, 7) is 4.29.